The molecule has 3 heteroatoms. The van der Waals surface area contributed by atoms with Gasteiger partial charge in [-0.25, -0.2) is 0 Å². The molecule has 1 atom stereocenters. The van der Waals surface area contributed by atoms with E-state index in [1.165, 1.54) is 5.56 Å². The van der Waals surface area contributed by atoms with Gasteiger partial charge in [0.15, 0.2) is 0 Å². The highest BCUT2D eigenvalue weighted by Crippen LogP contribution is 2.25. The highest BCUT2D eigenvalue weighted by Gasteiger charge is 2.20. The summed E-state index contributed by atoms with van der Waals surface area (Å²) in [4.78, 5) is 2.49. The molecule has 1 aliphatic heterocycles. The second-order valence-electron chi connectivity index (χ2n) is 4.56. The number of rotatable bonds is 4. The third kappa shape index (κ3) is 2.98. The molecule has 1 N–H and O–H groups in total. The maximum absolute atomic E-state index is 8.83. The van der Waals surface area contributed by atoms with Crippen molar-refractivity contribution in [1.29, 1.82) is 5.26 Å². The van der Waals surface area contributed by atoms with Crippen molar-refractivity contribution < 1.29 is 0 Å². The zero-order valence-corrected chi connectivity index (χ0v) is 10.6. The Morgan fingerprint density at radius 3 is 2.56 bits per heavy atom. The fourth-order valence-corrected chi connectivity index (χ4v) is 2.43. The molecule has 0 aliphatic carbocycles. The summed E-state index contributed by atoms with van der Waals surface area (Å²) in [6, 6.07) is 10.5. The van der Waals surface area contributed by atoms with Crippen molar-refractivity contribution in [1.82, 2.24) is 10.2 Å². The van der Waals surface area contributed by atoms with Gasteiger partial charge in [0, 0.05) is 32.2 Å². The Morgan fingerprint density at radius 1 is 1.33 bits per heavy atom. The summed E-state index contributed by atoms with van der Waals surface area (Å²) in [7, 11) is 0. The van der Waals surface area contributed by atoms with Crippen LogP contribution in [0.25, 0.3) is 0 Å². The predicted molar refractivity (Wildman–Crippen MR) is 73.2 cm³/mol. The van der Waals surface area contributed by atoms with Gasteiger partial charge in [-0.2, -0.15) is 5.26 Å². The van der Waals surface area contributed by atoms with Gasteiger partial charge in [-0.05, 0) is 24.1 Å². The van der Waals surface area contributed by atoms with E-state index in [0.717, 1.165) is 38.2 Å². The quantitative estimate of drug-likeness (QED) is 0.820. The zero-order chi connectivity index (χ0) is 12.8. The van der Waals surface area contributed by atoms with E-state index in [4.69, 9.17) is 5.26 Å². The van der Waals surface area contributed by atoms with Crippen LogP contribution in [0, 0.1) is 11.3 Å². The molecule has 1 fully saturated rings. The lowest BCUT2D eigenvalue weighted by Gasteiger charge is -2.34. The average Bonchev–Trinajstić information content (AvgIpc) is 2.46. The molecule has 1 aliphatic rings. The van der Waals surface area contributed by atoms with Crippen LogP contribution in [0.1, 0.15) is 23.6 Å². The molecule has 0 bridgehead atoms. The Hall–Kier alpha value is -1.63. The molecule has 0 spiro atoms. The monoisotopic (exact) mass is 241 g/mol. The van der Waals surface area contributed by atoms with Gasteiger partial charge in [0.2, 0.25) is 0 Å². The van der Waals surface area contributed by atoms with E-state index in [2.05, 4.69) is 35.0 Å². The molecule has 1 aromatic rings. The number of hydrogen-bond donors (Lipinski definition) is 1. The summed E-state index contributed by atoms with van der Waals surface area (Å²) in [6.45, 7) is 8.09. The second kappa shape index (κ2) is 6.34. The van der Waals surface area contributed by atoms with Crippen molar-refractivity contribution in [2.24, 2.45) is 0 Å². The topological polar surface area (TPSA) is 39.1 Å². The van der Waals surface area contributed by atoms with Crippen molar-refractivity contribution in [2.45, 2.75) is 12.5 Å². The van der Waals surface area contributed by atoms with E-state index in [0.29, 0.717) is 6.04 Å². The van der Waals surface area contributed by atoms with Crippen LogP contribution in [0.15, 0.2) is 36.9 Å². The Labute approximate surface area is 109 Å². The van der Waals surface area contributed by atoms with E-state index < -0.39 is 0 Å². The van der Waals surface area contributed by atoms with Gasteiger partial charge in [0.25, 0.3) is 0 Å². The van der Waals surface area contributed by atoms with Crippen molar-refractivity contribution in [3.8, 4) is 6.07 Å². The molecular weight excluding hydrogens is 222 g/mol. The van der Waals surface area contributed by atoms with Crippen LogP contribution < -0.4 is 5.32 Å². The normalized spacial score (nSPS) is 17.9. The summed E-state index contributed by atoms with van der Waals surface area (Å²) in [5.41, 5.74) is 1.99. The number of piperazine rings is 1. The van der Waals surface area contributed by atoms with Crippen LogP contribution in [0.2, 0.25) is 0 Å². The summed E-state index contributed by atoms with van der Waals surface area (Å²) in [5, 5.41) is 12.2. The highest BCUT2D eigenvalue weighted by molar-refractivity contribution is 5.33. The minimum absolute atomic E-state index is 0.386. The minimum Gasteiger partial charge on any atom is -0.314 e. The smallest absolute Gasteiger partial charge is 0.0991 e. The zero-order valence-electron chi connectivity index (χ0n) is 10.6. The molecule has 1 saturated heterocycles. The summed E-state index contributed by atoms with van der Waals surface area (Å²) >= 11 is 0. The van der Waals surface area contributed by atoms with Crippen LogP contribution in [-0.4, -0.2) is 31.1 Å². The Morgan fingerprint density at radius 2 is 2.00 bits per heavy atom. The molecule has 18 heavy (non-hydrogen) atoms. The van der Waals surface area contributed by atoms with Crippen molar-refractivity contribution in [2.75, 3.05) is 26.2 Å². The first-order valence-corrected chi connectivity index (χ1v) is 6.41. The first-order chi connectivity index (χ1) is 8.85. The largest absolute Gasteiger partial charge is 0.314 e. The van der Waals surface area contributed by atoms with Gasteiger partial charge in [0.1, 0.15) is 0 Å². The van der Waals surface area contributed by atoms with Gasteiger partial charge >= 0.3 is 0 Å². The Kier molecular flexibility index (Phi) is 4.52. The summed E-state index contributed by atoms with van der Waals surface area (Å²) in [6.07, 6.45) is 2.93. The van der Waals surface area contributed by atoms with Gasteiger partial charge in [-0.15, -0.1) is 6.58 Å². The van der Waals surface area contributed by atoms with Crippen LogP contribution in [0.4, 0.5) is 0 Å². The predicted octanol–water partition coefficient (Wildman–Crippen LogP) is 2.08. The van der Waals surface area contributed by atoms with E-state index in [1.54, 1.807) is 0 Å². The van der Waals surface area contributed by atoms with E-state index in [9.17, 15) is 0 Å². The molecule has 1 aromatic carbocycles. The molecule has 3 nitrogen and oxygen atoms in total. The maximum atomic E-state index is 8.83. The molecule has 0 radical (unpaired) electrons. The summed E-state index contributed by atoms with van der Waals surface area (Å²) < 4.78 is 0. The minimum atomic E-state index is 0.386. The lowest BCUT2D eigenvalue weighted by atomic mass is 10.00. The standard InChI is InChI=1S/C15H19N3/c1-2-3-15(18-10-8-17-9-11-18)14-6-4-13(12-16)5-7-14/h2,4-7,15,17H,1,3,8-11H2/t15-/m1/s1. The van der Waals surface area contributed by atoms with Gasteiger partial charge < -0.3 is 5.32 Å². The van der Waals surface area contributed by atoms with E-state index >= 15 is 0 Å². The number of nitrogens with zero attached hydrogens (tertiary/aromatic N) is 2. The molecule has 2 rings (SSSR count). The lowest BCUT2D eigenvalue weighted by molar-refractivity contribution is 0.174. The lowest BCUT2D eigenvalue weighted by Crippen LogP contribution is -2.45. The van der Waals surface area contributed by atoms with Gasteiger partial charge in [-0.3, -0.25) is 4.90 Å². The number of nitrogens with one attached hydrogen (secondary N) is 1. The van der Waals surface area contributed by atoms with Crippen molar-refractivity contribution in [3.63, 3.8) is 0 Å². The number of hydrogen-bond acceptors (Lipinski definition) is 3. The van der Waals surface area contributed by atoms with Crippen LogP contribution >= 0.6 is 0 Å². The maximum Gasteiger partial charge on any atom is 0.0991 e. The fourth-order valence-electron chi connectivity index (χ4n) is 2.43. The van der Waals surface area contributed by atoms with Crippen LogP contribution in [0.3, 0.4) is 0 Å². The third-order valence-corrected chi connectivity index (χ3v) is 3.41. The molecule has 0 unspecified atom stereocenters. The van der Waals surface area contributed by atoms with Crippen LogP contribution in [-0.2, 0) is 0 Å². The SMILES string of the molecule is C=CC[C@H](c1ccc(C#N)cc1)N1CCNCC1. The van der Waals surface area contributed by atoms with Crippen LogP contribution in [0.5, 0.6) is 0 Å². The average molecular weight is 241 g/mol. The number of benzene rings is 1. The fraction of sp³-hybridized carbons (Fsp3) is 0.400. The molecule has 94 valence electrons. The first kappa shape index (κ1) is 12.8. The second-order valence-corrected chi connectivity index (χ2v) is 4.56. The Bertz CT molecular complexity index is 424. The number of nitriles is 1. The van der Waals surface area contributed by atoms with Crippen molar-refractivity contribution in [3.05, 3.63) is 48.0 Å². The molecule has 0 saturated carbocycles. The van der Waals surface area contributed by atoms with Gasteiger partial charge in [0.05, 0.1) is 11.6 Å². The van der Waals surface area contributed by atoms with E-state index in [-0.39, 0.29) is 0 Å². The highest BCUT2D eigenvalue weighted by atomic mass is 15.2. The van der Waals surface area contributed by atoms with Gasteiger partial charge in [-0.1, -0.05) is 18.2 Å². The molecule has 0 aromatic heterocycles. The third-order valence-electron chi connectivity index (χ3n) is 3.41. The first-order valence-electron chi connectivity index (χ1n) is 6.41. The van der Waals surface area contributed by atoms with Crippen molar-refractivity contribution >= 4 is 0 Å². The molecule has 0 amide bonds. The molecular formula is C15H19N3. The Balaban J connectivity index is 2.17. The summed E-state index contributed by atoms with van der Waals surface area (Å²) in [5.74, 6) is 0. The van der Waals surface area contributed by atoms with E-state index in [1.807, 2.05) is 18.2 Å². The molecule has 1 heterocycles.